The molecule has 0 saturated heterocycles. The topological polar surface area (TPSA) is 218 Å². The van der Waals surface area contributed by atoms with E-state index >= 15 is 0 Å². The summed E-state index contributed by atoms with van der Waals surface area (Å²) in [4.78, 5) is 35.0. The van der Waals surface area contributed by atoms with Crippen molar-refractivity contribution in [3.63, 3.8) is 0 Å². The highest BCUT2D eigenvalue weighted by Crippen LogP contribution is 2.15. The van der Waals surface area contributed by atoms with E-state index in [1.54, 1.807) is 13.8 Å². The highest BCUT2D eigenvalue weighted by atomic mass is 16.6. The average molecular weight is 395 g/mol. The molecule has 0 unspecified atom stereocenters. The number of ether oxygens (including phenoxy) is 3. The number of esters is 3. The van der Waals surface area contributed by atoms with Gasteiger partial charge in [0.25, 0.3) is 0 Å². The molecule has 0 rings (SSSR count). The summed E-state index contributed by atoms with van der Waals surface area (Å²) in [5, 5.41) is 28.8. The number of aliphatic hydroxyl groups excluding tert-OH is 3. The number of nitrogens with two attached hydrogens (primary N) is 3. The number of rotatable bonds is 12. The normalized spacial score (nSPS) is 16.8. The molecular formula is C15H29N3O9. The number of hydrogen-bond donors (Lipinski definition) is 6. The van der Waals surface area contributed by atoms with Crippen LogP contribution in [0.25, 0.3) is 0 Å². The van der Waals surface area contributed by atoms with E-state index in [-0.39, 0.29) is 5.92 Å². The average Bonchev–Trinajstić information content (AvgIpc) is 2.66. The molecule has 9 N–H and O–H groups in total. The first kappa shape index (κ1) is 25.2. The minimum absolute atomic E-state index is 0.241. The summed E-state index contributed by atoms with van der Waals surface area (Å²) in [6.45, 7) is 0.715. The molecule has 0 aliphatic heterocycles. The first-order valence-corrected chi connectivity index (χ1v) is 8.27. The van der Waals surface area contributed by atoms with Gasteiger partial charge in [-0.25, -0.2) is 0 Å². The Kier molecular flexibility index (Phi) is 11.7. The minimum Gasteiger partial charge on any atom is -0.460 e. The maximum absolute atomic E-state index is 11.9. The van der Waals surface area contributed by atoms with E-state index in [2.05, 4.69) is 0 Å². The second-order valence-corrected chi connectivity index (χ2v) is 6.03. The molecule has 0 heterocycles. The predicted octanol–water partition coefficient (Wildman–Crippen LogP) is -4.03. The lowest BCUT2D eigenvalue weighted by atomic mass is 10.0. The summed E-state index contributed by atoms with van der Waals surface area (Å²) in [6.07, 6.45) is -6.84. The Balaban J connectivity index is 5.47. The van der Waals surface area contributed by atoms with Gasteiger partial charge in [-0.05, 0) is 5.92 Å². The van der Waals surface area contributed by atoms with Gasteiger partial charge in [-0.1, -0.05) is 13.8 Å². The van der Waals surface area contributed by atoms with Crippen LogP contribution in [-0.2, 0) is 28.6 Å². The summed E-state index contributed by atoms with van der Waals surface area (Å²) in [5.74, 6) is -3.01. The molecule has 158 valence electrons. The molecule has 0 amide bonds. The maximum atomic E-state index is 11.9. The van der Waals surface area contributed by atoms with Crippen LogP contribution in [-0.4, -0.2) is 90.0 Å². The van der Waals surface area contributed by atoms with Crippen molar-refractivity contribution in [3.8, 4) is 0 Å². The van der Waals surface area contributed by atoms with Crippen LogP contribution >= 0.6 is 0 Å². The first-order valence-electron chi connectivity index (χ1n) is 8.27. The fourth-order valence-electron chi connectivity index (χ4n) is 1.84. The van der Waals surface area contributed by atoms with E-state index in [4.69, 9.17) is 36.5 Å². The summed E-state index contributed by atoms with van der Waals surface area (Å²) < 4.78 is 14.8. The van der Waals surface area contributed by atoms with Gasteiger partial charge in [0.2, 0.25) is 0 Å². The van der Waals surface area contributed by atoms with Crippen molar-refractivity contribution in [3.05, 3.63) is 0 Å². The SMILES string of the molecule is CC(C)[C@H](N)C(=O)OC[C@@H](OC(=O)CN)[C@@H](OC(=O)CN)[C@H](O)[C@H](O)CO. The second kappa shape index (κ2) is 12.5. The van der Waals surface area contributed by atoms with Crippen LogP contribution in [0.3, 0.4) is 0 Å². The number of carbonyl (C=O) groups is 3. The summed E-state index contributed by atoms with van der Waals surface area (Å²) in [6, 6.07) is -0.964. The van der Waals surface area contributed by atoms with Gasteiger partial charge in [-0.3, -0.25) is 14.4 Å². The standard InChI is InChI=1S/C15H29N3O9/c1-7(2)12(18)15(24)25-6-9(26-10(21)3-16)14(27-11(22)4-17)13(23)8(20)5-19/h7-9,12-14,19-20,23H,3-6,16-18H2,1-2H3/t8-,9-,12+,13-,14-/m1/s1. The molecule has 5 atom stereocenters. The predicted molar refractivity (Wildman–Crippen MR) is 90.7 cm³/mol. The third kappa shape index (κ3) is 8.60. The Bertz CT molecular complexity index is 489. The number of aliphatic hydroxyl groups is 3. The van der Waals surface area contributed by atoms with Gasteiger partial charge in [-0.15, -0.1) is 0 Å². The lowest BCUT2D eigenvalue weighted by Gasteiger charge is -2.31. The Labute approximate surface area is 156 Å². The van der Waals surface area contributed by atoms with Crippen molar-refractivity contribution >= 4 is 17.9 Å². The summed E-state index contributed by atoms with van der Waals surface area (Å²) in [7, 11) is 0. The highest BCUT2D eigenvalue weighted by Gasteiger charge is 2.39. The first-order chi connectivity index (χ1) is 12.6. The zero-order valence-electron chi connectivity index (χ0n) is 15.3. The summed E-state index contributed by atoms with van der Waals surface area (Å²) >= 11 is 0. The van der Waals surface area contributed by atoms with Crippen LogP contribution < -0.4 is 17.2 Å². The Morgan fingerprint density at radius 3 is 1.96 bits per heavy atom. The van der Waals surface area contributed by atoms with E-state index < -0.39 is 74.7 Å². The van der Waals surface area contributed by atoms with Crippen molar-refractivity contribution < 1.29 is 43.9 Å². The van der Waals surface area contributed by atoms with E-state index in [1.807, 2.05) is 0 Å². The molecule has 12 nitrogen and oxygen atoms in total. The molecule has 12 heteroatoms. The van der Waals surface area contributed by atoms with Gasteiger partial charge in [0.05, 0.1) is 19.7 Å². The van der Waals surface area contributed by atoms with Crippen molar-refractivity contribution in [2.24, 2.45) is 23.1 Å². The lowest BCUT2D eigenvalue weighted by molar-refractivity contribution is -0.191. The van der Waals surface area contributed by atoms with Gasteiger partial charge < -0.3 is 46.7 Å². The monoisotopic (exact) mass is 395 g/mol. The van der Waals surface area contributed by atoms with Gasteiger partial charge >= 0.3 is 17.9 Å². The Morgan fingerprint density at radius 1 is 1.00 bits per heavy atom. The fraction of sp³-hybridized carbons (Fsp3) is 0.800. The van der Waals surface area contributed by atoms with Crippen LogP contribution in [0.5, 0.6) is 0 Å². The third-order valence-electron chi connectivity index (χ3n) is 3.55. The molecule has 0 spiro atoms. The van der Waals surface area contributed by atoms with Crippen LogP contribution in [0.2, 0.25) is 0 Å². The second-order valence-electron chi connectivity index (χ2n) is 6.03. The molecule has 27 heavy (non-hydrogen) atoms. The molecule has 0 saturated carbocycles. The van der Waals surface area contributed by atoms with E-state index in [0.717, 1.165) is 0 Å². The zero-order chi connectivity index (χ0) is 21.1. The molecule has 0 aromatic rings. The number of hydrogen-bond acceptors (Lipinski definition) is 12. The van der Waals surface area contributed by atoms with E-state index in [9.17, 15) is 24.6 Å². The molecule has 0 bridgehead atoms. The molecule has 0 aliphatic carbocycles. The molecule has 0 aliphatic rings. The molecule has 0 aromatic carbocycles. The van der Waals surface area contributed by atoms with Crippen LogP contribution in [0.15, 0.2) is 0 Å². The minimum atomic E-state index is -1.88. The molecule has 0 fully saturated rings. The van der Waals surface area contributed by atoms with Gasteiger partial charge in [0.1, 0.15) is 24.9 Å². The molecular weight excluding hydrogens is 366 g/mol. The molecule has 0 aromatic heterocycles. The van der Waals surface area contributed by atoms with Gasteiger partial charge in [0, 0.05) is 0 Å². The van der Waals surface area contributed by atoms with Gasteiger partial charge in [0.15, 0.2) is 12.2 Å². The van der Waals surface area contributed by atoms with Crippen LogP contribution in [0.1, 0.15) is 13.8 Å². The fourth-order valence-corrected chi connectivity index (χ4v) is 1.84. The van der Waals surface area contributed by atoms with Crippen LogP contribution in [0, 0.1) is 5.92 Å². The molecule has 0 radical (unpaired) electrons. The van der Waals surface area contributed by atoms with E-state index in [1.165, 1.54) is 0 Å². The van der Waals surface area contributed by atoms with Crippen molar-refractivity contribution in [2.75, 3.05) is 26.3 Å². The van der Waals surface area contributed by atoms with Crippen molar-refractivity contribution in [2.45, 2.75) is 44.3 Å². The quantitative estimate of drug-likeness (QED) is 0.137. The van der Waals surface area contributed by atoms with Crippen molar-refractivity contribution in [1.82, 2.24) is 0 Å². The summed E-state index contributed by atoms with van der Waals surface area (Å²) in [5.41, 5.74) is 16.0. The zero-order valence-corrected chi connectivity index (χ0v) is 15.3. The smallest absolute Gasteiger partial charge is 0.323 e. The van der Waals surface area contributed by atoms with Crippen molar-refractivity contribution in [1.29, 1.82) is 0 Å². The van der Waals surface area contributed by atoms with Gasteiger partial charge in [-0.2, -0.15) is 0 Å². The number of carbonyl (C=O) groups excluding carboxylic acids is 3. The van der Waals surface area contributed by atoms with E-state index in [0.29, 0.717) is 0 Å². The third-order valence-corrected chi connectivity index (χ3v) is 3.55. The maximum Gasteiger partial charge on any atom is 0.323 e. The Hall–Kier alpha value is -1.83. The lowest BCUT2D eigenvalue weighted by Crippen LogP contribution is -2.52. The van der Waals surface area contributed by atoms with Crippen LogP contribution in [0.4, 0.5) is 0 Å². The largest absolute Gasteiger partial charge is 0.460 e. The highest BCUT2D eigenvalue weighted by molar-refractivity contribution is 5.76. The Morgan fingerprint density at radius 2 is 1.52 bits per heavy atom.